The molecule has 0 spiro atoms. The molecule has 1 fully saturated rings. The van der Waals surface area contributed by atoms with E-state index in [2.05, 4.69) is 0 Å². The molecule has 5 heteroatoms. The molecule has 0 amide bonds. The van der Waals surface area contributed by atoms with Crippen LogP contribution in [0, 0.1) is 17.2 Å². The SMILES string of the molecule is N#CC[C@H]1CS(=O)(=O)C[C@H]1F. The van der Waals surface area contributed by atoms with Crippen molar-refractivity contribution in [2.45, 2.75) is 12.6 Å². The summed E-state index contributed by atoms with van der Waals surface area (Å²) in [7, 11) is -3.19. The van der Waals surface area contributed by atoms with Crippen LogP contribution in [0.5, 0.6) is 0 Å². The maximum atomic E-state index is 12.7. The lowest BCUT2D eigenvalue weighted by molar-refractivity contribution is 0.288. The van der Waals surface area contributed by atoms with Crippen molar-refractivity contribution in [3.8, 4) is 6.07 Å². The minimum atomic E-state index is -3.19. The van der Waals surface area contributed by atoms with Crippen molar-refractivity contribution in [3.63, 3.8) is 0 Å². The number of rotatable bonds is 1. The van der Waals surface area contributed by atoms with Crippen molar-refractivity contribution in [3.05, 3.63) is 0 Å². The van der Waals surface area contributed by atoms with Crippen LogP contribution < -0.4 is 0 Å². The van der Waals surface area contributed by atoms with E-state index in [0.717, 1.165) is 0 Å². The second kappa shape index (κ2) is 2.78. The molecule has 0 bridgehead atoms. The number of hydrogen-bond acceptors (Lipinski definition) is 3. The molecule has 62 valence electrons. The third kappa shape index (κ3) is 1.90. The molecule has 0 aliphatic carbocycles. The molecule has 0 saturated carbocycles. The van der Waals surface area contributed by atoms with Crippen LogP contribution in [0.15, 0.2) is 0 Å². The zero-order chi connectivity index (χ0) is 8.48. The summed E-state index contributed by atoms with van der Waals surface area (Å²) in [4.78, 5) is 0. The van der Waals surface area contributed by atoms with E-state index in [4.69, 9.17) is 5.26 Å². The van der Waals surface area contributed by atoms with Gasteiger partial charge in [-0.15, -0.1) is 0 Å². The average molecular weight is 177 g/mol. The van der Waals surface area contributed by atoms with Gasteiger partial charge in [0.1, 0.15) is 6.17 Å². The van der Waals surface area contributed by atoms with Gasteiger partial charge in [0.25, 0.3) is 0 Å². The topological polar surface area (TPSA) is 57.9 Å². The van der Waals surface area contributed by atoms with Crippen LogP contribution >= 0.6 is 0 Å². The quantitative estimate of drug-likeness (QED) is 0.578. The van der Waals surface area contributed by atoms with Crippen molar-refractivity contribution < 1.29 is 12.8 Å². The Hall–Kier alpha value is -0.630. The summed E-state index contributed by atoms with van der Waals surface area (Å²) in [6.07, 6.45) is -1.33. The number of halogens is 1. The molecule has 1 heterocycles. The third-order valence-electron chi connectivity index (χ3n) is 1.75. The first-order chi connectivity index (χ1) is 5.05. The van der Waals surface area contributed by atoms with Crippen molar-refractivity contribution in [1.82, 2.24) is 0 Å². The lowest BCUT2D eigenvalue weighted by atomic mass is 10.1. The molecule has 1 saturated heterocycles. The molecule has 1 aliphatic heterocycles. The van der Waals surface area contributed by atoms with E-state index in [-0.39, 0.29) is 12.2 Å². The Labute approximate surface area is 64.7 Å². The minimum absolute atomic E-state index is 0.000394. The molecule has 1 rings (SSSR count). The van der Waals surface area contributed by atoms with Gasteiger partial charge in [0.2, 0.25) is 0 Å². The number of hydrogen-bond donors (Lipinski definition) is 0. The van der Waals surface area contributed by atoms with Gasteiger partial charge in [0.05, 0.1) is 17.6 Å². The molecule has 0 aromatic heterocycles. The Kier molecular flexibility index (Phi) is 2.14. The van der Waals surface area contributed by atoms with Crippen LogP contribution in [-0.2, 0) is 9.84 Å². The van der Waals surface area contributed by atoms with E-state index in [1.807, 2.05) is 0 Å². The van der Waals surface area contributed by atoms with Crippen molar-refractivity contribution >= 4 is 9.84 Å². The fourth-order valence-electron chi connectivity index (χ4n) is 1.18. The summed E-state index contributed by atoms with van der Waals surface area (Å²) >= 11 is 0. The fraction of sp³-hybridized carbons (Fsp3) is 0.833. The Morgan fingerprint density at radius 1 is 1.55 bits per heavy atom. The zero-order valence-corrected chi connectivity index (χ0v) is 6.64. The molecular formula is C6H8FNO2S. The number of alkyl halides is 1. The van der Waals surface area contributed by atoms with E-state index in [9.17, 15) is 12.8 Å². The first-order valence-electron chi connectivity index (χ1n) is 3.26. The molecular weight excluding hydrogens is 169 g/mol. The van der Waals surface area contributed by atoms with E-state index in [0.29, 0.717) is 0 Å². The lowest BCUT2D eigenvalue weighted by Gasteiger charge is -2.02. The van der Waals surface area contributed by atoms with Crippen molar-refractivity contribution in [2.24, 2.45) is 5.92 Å². The van der Waals surface area contributed by atoms with Crippen LogP contribution in [0.3, 0.4) is 0 Å². The summed E-state index contributed by atoms with van der Waals surface area (Å²) in [6, 6.07) is 1.77. The Balaban J connectivity index is 2.68. The van der Waals surface area contributed by atoms with Crippen LogP contribution in [0.4, 0.5) is 4.39 Å². The molecule has 0 N–H and O–H groups in total. The number of nitriles is 1. The highest BCUT2D eigenvalue weighted by Crippen LogP contribution is 2.24. The first-order valence-corrected chi connectivity index (χ1v) is 5.09. The van der Waals surface area contributed by atoms with Gasteiger partial charge < -0.3 is 0 Å². The van der Waals surface area contributed by atoms with E-state index in [1.54, 1.807) is 6.07 Å². The number of nitrogens with zero attached hydrogens (tertiary/aromatic N) is 1. The van der Waals surface area contributed by atoms with Gasteiger partial charge in [0, 0.05) is 12.3 Å². The van der Waals surface area contributed by atoms with Crippen LogP contribution in [-0.4, -0.2) is 26.1 Å². The predicted molar refractivity (Wildman–Crippen MR) is 37.3 cm³/mol. The van der Waals surface area contributed by atoms with Crippen LogP contribution in [0.25, 0.3) is 0 Å². The second-order valence-electron chi connectivity index (χ2n) is 2.72. The molecule has 2 atom stereocenters. The largest absolute Gasteiger partial charge is 0.246 e. The van der Waals surface area contributed by atoms with E-state index >= 15 is 0 Å². The van der Waals surface area contributed by atoms with Gasteiger partial charge in [-0.05, 0) is 0 Å². The van der Waals surface area contributed by atoms with Crippen LogP contribution in [0.1, 0.15) is 6.42 Å². The Bertz CT molecular complexity index is 279. The van der Waals surface area contributed by atoms with Gasteiger partial charge in [0.15, 0.2) is 9.84 Å². The third-order valence-corrected chi connectivity index (χ3v) is 3.51. The molecule has 0 aromatic carbocycles. The van der Waals surface area contributed by atoms with Gasteiger partial charge in [-0.25, -0.2) is 12.8 Å². The number of sulfone groups is 1. The summed E-state index contributed by atoms with van der Waals surface area (Å²) in [5.74, 6) is -1.16. The summed E-state index contributed by atoms with van der Waals surface area (Å²) < 4.78 is 34.3. The molecule has 11 heavy (non-hydrogen) atoms. The van der Waals surface area contributed by atoms with Crippen molar-refractivity contribution in [1.29, 1.82) is 5.26 Å². The summed E-state index contributed by atoms with van der Waals surface area (Å²) in [5, 5.41) is 8.20. The summed E-state index contributed by atoms with van der Waals surface area (Å²) in [5.41, 5.74) is 0. The summed E-state index contributed by atoms with van der Waals surface area (Å²) in [6.45, 7) is 0. The minimum Gasteiger partial charge on any atom is -0.246 e. The van der Waals surface area contributed by atoms with Gasteiger partial charge in [-0.1, -0.05) is 0 Å². The lowest BCUT2D eigenvalue weighted by Crippen LogP contribution is -2.11. The predicted octanol–water partition coefficient (Wildman–Crippen LogP) is 0.283. The second-order valence-corrected chi connectivity index (χ2v) is 4.87. The molecule has 3 nitrogen and oxygen atoms in total. The van der Waals surface area contributed by atoms with E-state index in [1.165, 1.54) is 0 Å². The molecule has 0 aromatic rings. The smallest absolute Gasteiger partial charge is 0.153 e. The monoisotopic (exact) mass is 177 g/mol. The highest BCUT2D eigenvalue weighted by Gasteiger charge is 2.37. The zero-order valence-electron chi connectivity index (χ0n) is 5.83. The van der Waals surface area contributed by atoms with Crippen molar-refractivity contribution in [2.75, 3.05) is 11.5 Å². The maximum Gasteiger partial charge on any atom is 0.153 e. The maximum absolute atomic E-state index is 12.7. The Morgan fingerprint density at radius 2 is 2.18 bits per heavy atom. The van der Waals surface area contributed by atoms with Gasteiger partial charge >= 0.3 is 0 Å². The highest BCUT2D eigenvalue weighted by molar-refractivity contribution is 7.91. The standard InChI is InChI=1S/C6H8FNO2S/c7-6-4-11(9,10)3-5(6)1-2-8/h5-6H,1,3-4H2/t5-,6+/m0/s1. The molecule has 1 aliphatic rings. The Morgan fingerprint density at radius 3 is 2.55 bits per heavy atom. The van der Waals surface area contributed by atoms with Gasteiger partial charge in [-0.2, -0.15) is 5.26 Å². The molecule has 0 radical (unpaired) electrons. The first kappa shape index (κ1) is 8.47. The molecule has 0 unspecified atom stereocenters. The van der Waals surface area contributed by atoms with Gasteiger partial charge in [-0.3, -0.25) is 0 Å². The highest BCUT2D eigenvalue weighted by atomic mass is 32.2. The van der Waals surface area contributed by atoms with E-state index < -0.39 is 27.7 Å². The average Bonchev–Trinajstić information content (AvgIpc) is 2.07. The fourth-order valence-corrected chi connectivity index (χ4v) is 3.05. The normalized spacial score (nSPS) is 34.9. The van der Waals surface area contributed by atoms with Crippen LogP contribution in [0.2, 0.25) is 0 Å².